The molecule has 0 aliphatic heterocycles. The van der Waals surface area contributed by atoms with Crippen LogP contribution < -0.4 is 5.32 Å². The minimum atomic E-state index is -0.644. The van der Waals surface area contributed by atoms with Crippen LogP contribution in [-0.4, -0.2) is 18.5 Å². The Kier molecular flexibility index (Phi) is 5.96. The monoisotopic (exact) mass is 355 g/mol. The molecule has 1 amide bonds. The Bertz CT molecular complexity index is 717. The highest BCUT2D eigenvalue weighted by Gasteiger charge is 2.13. The molecule has 2 aromatic rings. The summed E-state index contributed by atoms with van der Waals surface area (Å²) in [6.45, 7) is -0.489. The highest BCUT2D eigenvalue weighted by molar-refractivity contribution is 6.36. The third-order valence-corrected chi connectivity index (χ3v) is 3.56. The van der Waals surface area contributed by atoms with Crippen LogP contribution in [0.15, 0.2) is 42.5 Å². The number of rotatable bonds is 5. The van der Waals surface area contributed by atoms with Gasteiger partial charge in [-0.3, -0.25) is 9.59 Å². The summed E-state index contributed by atoms with van der Waals surface area (Å²) in [7, 11) is 0. The second kappa shape index (κ2) is 7.94. The quantitative estimate of drug-likeness (QED) is 0.828. The van der Waals surface area contributed by atoms with E-state index in [1.54, 1.807) is 18.2 Å². The lowest BCUT2D eigenvalue weighted by Gasteiger charge is -2.08. The lowest BCUT2D eigenvalue weighted by molar-refractivity contribution is -0.146. The number of hydrogen-bond donors (Lipinski definition) is 1. The van der Waals surface area contributed by atoms with Crippen LogP contribution >= 0.6 is 23.2 Å². The molecule has 0 aliphatic rings. The van der Waals surface area contributed by atoms with Crippen LogP contribution in [-0.2, 0) is 20.7 Å². The SMILES string of the molecule is O=C(COC(=O)Cc1c(Cl)cccc1Cl)Nc1cccc(F)c1. The first-order valence-electron chi connectivity index (χ1n) is 6.59. The molecular weight excluding hydrogens is 344 g/mol. The van der Waals surface area contributed by atoms with E-state index in [0.29, 0.717) is 15.6 Å². The molecule has 0 saturated carbocycles. The summed E-state index contributed by atoms with van der Waals surface area (Å²) in [4.78, 5) is 23.4. The van der Waals surface area contributed by atoms with E-state index < -0.39 is 24.3 Å². The number of hydrogen-bond acceptors (Lipinski definition) is 3. The summed E-state index contributed by atoms with van der Waals surface area (Å²) in [5.41, 5.74) is 0.714. The van der Waals surface area contributed by atoms with Crippen molar-refractivity contribution in [1.82, 2.24) is 0 Å². The van der Waals surface area contributed by atoms with E-state index in [1.807, 2.05) is 0 Å². The van der Waals surface area contributed by atoms with Crippen LogP contribution in [0.5, 0.6) is 0 Å². The standard InChI is InChI=1S/C16H12Cl2FNO3/c17-13-5-2-6-14(18)12(13)8-16(22)23-9-15(21)20-11-4-1-3-10(19)7-11/h1-7H,8-9H2,(H,20,21). The molecule has 2 aromatic carbocycles. The second-order valence-electron chi connectivity index (χ2n) is 4.60. The Morgan fingerprint density at radius 3 is 2.39 bits per heavy atom. The van der Waals surface area contributed by atoms with E-state index in [4.69, 9.17) is 27.9 Å². The van der Waals surface area contributed by atoms with Crippen molar-refractivity contribution in [1.29, 1.82) is 0 Å². The molecule has 0 saturated heterocycles. The molecule has 7 heteroatoms. The zero-order chi connectivity index (χ0) is 16.8. The van der Waals surface area contributed by atoms with Gasteiger partial charge in [-0.1, -0.05) is 35.3 Å². The molecule has 0 unspecified atom stereocenters. The molecule has 0 bridgehead atoms. The summed E-state index contributed by atoms with van der Waals surface area (Å²) in [6.07, 6.45) is -0.147. The summed E-state index contributed by atoms with van der Waals surface area (Å²) < 4.78 is 17.8. The van der Waals surface area contributed by atoms with Crippen LogP contribution in [0, 0.1) is 5.82 Å². The molecule has 0 heterocycles. The number of carbonyl (C=O) groups is 2. The number of carbonyl (C=O) groups excluding carboxylic acids is 2. The van der Waals surface area contributed by atoms with Crippen molar-refractivity contribution in [3.05, 3.63) is 63.9 Å². The Morgan fingerprint density at radius 2 is 1.74 bits per heavy atom. The van der Waals surface area contributed by atoms with Gasteiger partial charge in [0.2, 0.25) is 0 Å². The minimum absolute atomic E-state index is 0.147. The maximum absolute atomic E-state index is 13.0. The fourth-order valence-electron chi connectivity index (χ4n) is 1.81. The molecule has 4 nitrogen and oxygen atoms in total. The fourth-order valence-corrected chi connectivity index (χ4v) is 2.34. The topological polar surface area (TPSA) is 55.4 Å². The van der Waals surface area contributed by atoms with Crippen LogP contribution in [0.1, 0.15) is 5.56 Å². The van der Waals surface area contributed by atoms with Crippen molar-refractivity contribution in [2.24, 2.45) is 0 Å². The van der Waals surface area contributed by atoms with Crippen LogP contribution in [0.2, 0.25) is 10.0 Å². The Labute approximate surface area is 142 Å². The maximum Gasteiger partial charge on any atom is 0.310 e. The normalized spacial score (nSPS) is 10.2. The maximum atomic E-state index is 13.0. The van der Waals surface area contributed by atoms with Gasteiger partial charge in [-0.05, 0) is 30.3 Å². The van der Waals surface area contributed by atoms with Crippen molar-refractivity contribution < 1.29 is 18.7 Å². The van der Waals surface area contributed by atoms with Gasteiger partial charge in [-0.25, -0.2) is 4.39 Å². The van der Waals surface area contributed by atoms with Crippen molar-refractivity contribution >= 4 is 40.8 Å². The van der Waals surface area contributed by atoms with E-state index in [0.717, 1.165) is 6.07 Å². The third-order valence-electron chi connectivity index (χ3n) is 2.86. The highest BCUT2D eigenvalue weighted by atomic mass is 35.5. The third kappa shape index (κ3) is 5.23. The van der Waals surface area contributed by atoms with Gasteiger partial charge in [0.25, 0.3) is 5.91 Å². The van der Waals surface area contributed by atoms with E-state index in [2.05, 4.69) is 5.32 Å². The molecule has 23 heavy (non-hydrogen) atoms. The van der Waals surface area contributed by atoms with Gasteiger partial charge in [0.05, 0.1) is 6.42 Å². The van der Waals surface area contributed by atoms with Crippen molar-refractivity contribution in [3.63, 3.8) is 0 Å². The Morgan fingerprint density at radius 1 is 1.09 bits per heavy atom. The van der Waals surface area contributed by atoms with E-state index in [1.165, 1.54) is 18.2 Å². The van der Waals surface area contributed by atoms with Gasteiger partial charge < -0.3 is 10.1 Å². The van der Waals surface area contributed by atoms with Crippen LogP contribution in [0.3, 0.4) is 0 Å². The van der Waals surface area contributed by atoms with Crippen LogP contribution in [0.4, 0.5) is 10.1 Å². The molecule has 0 spiro atoms. The van der Waals surface area contributed by atoms with Crippen molar-refractivity contribution in [2.75, 3.05) is 11.9 Å². The number of amides is 1. The molecule has 0 fully saturated rings. The number of ether oxygens (including phenoxy) is 1. The first-order valence-corrected chi connectivity index (χ1v) is 7.35. The van der Waals surface area contributed by atoms with E-state index >= 15 is 0 Å². The van der Waals surface area contributed by atoms with Gasteiger partial charge in [0.15, 0.2) is 6.61 Å². The first-order chi connectivity index (χ1) is 11.0. The minimum Gasteiger partial charge on any atom is -0.455 e. The van der Waals surface area contributed by atoms with Crippen molar-refractivity contribution in [3.8, 4) is 0 Å². The number of halogens is 3. The van der Waals surface area contributed by atoms with E-state index in [9.17, 15) is 14.0 Å². The number of benzene rings is 2. The van der Waals surface area contributed by atoms with Crippen molar-refractivity contribution in [2.45, 2.75) is 6.42 Å². The smallest absolute Gasteiger partial charge is 0.310 e. The number of anilines is 1. The summed E-state index contributed by atoms with van der Waals surface area (Å²) in [6, 6.07) is 10.3. The molecular formula is C16H12Cl2FNO3. The lowest BCUT2D eigenvalue weighted by Crippen LogP contribution is -2.21. The largest absolute Gasteiger partial charge is 0.455 e. The lowest BCUT2D eigenvalue weighted by atomic mass is 10.1. The first kappa shape index (κ1) is 17.2. The Balaban J connectivity index is 1.85. The Hall–Kier alpha value is -2.11. The second-order valence-corrected chi connectivity index (χ2v) is 5.41. The zero-order valence-electron chi connectivity index (χ0n) is 11.8. The molecule has 0 radical (unpaired) electrons. The molecule has 1 N–H and O–H groups in total. The summed E-state index contributed by atoms with van der Waals surface area (Å²) in [5.74, 6) is -1.70. The average Bonchev–Trinajstić information content (AvgIpc) is 2.49. The highest BCUT2D eigenvalue weighted by Crippen LogP contribution is 2.24. The van der Waals surface area contributed by atoms with Crippen LogP contribution in [0.25, 0.3) is 0 Å². The van der Waals surface area contributed by atoms with Gasteiger partial charge in [0, 0.05) is 21.3 Å². The van der Waals surface area contributed by atoms with Gasteiger partial charge in [-0.2, -0.15) is 0 Å². The summed E-state index contributed by atoms with van der Waals surface area (Å²) in [5, 5.41) is 3.11. The predicted octanol–water partition coefficient (Wildman–Crippen LogP) is 3.86. The molecule has 0 aromatic heterocycles. The molecule has 0 aliphatic carbocycles. The molecule has 2 rings (SSSR count). The average molecular weight is 356 g/mol. The molecule has 120 valence electrons. The number of nitrogens with one attached hydrogen (secondary N) is 1. The molecule has 0 atom stereocenters. The van der Waals surface area contributed by atoms with Gasteiger partial charge >= 0.3 is 5.97 Å². The number of esters is 1. The zero-order valence-corrected chi connectivity index (χ0v) is 13.3. The van der Waals surface area contributed by atoms with E-state index in [-0.39, 0.29) is 12.1 Å². The summed E-state index contributed by atoms with van der Waals surface area (Å²) >= 11 is 11.9. The van der Waals surface area contributed by atoms with Gasteiger partial charge in [0.1, 0.15) is 5.82 Å². The fraction of sp³-hybridized carbons (Fsp3) is 0.125. The van der Waals surface area contributed by atoms with Gasteiger partial charge in [-0.15, -0.1) is 0 Å². The predicted molar refractivity (Wildman–Crippen MR) is 86.2 cm³/mol.